The van der Waals surface area contributed by atoms with Gasteiger partial charge in [-0.1, -0.05) is 23.2 Å². The summed E-state index contributed by atoms with van der Waals surface area (Å²) in [5.41, 5.74) is 12.3. The molecule has 0 heterocycles. The van der Waals surface area contributed by atoms with Crippen molar-refractivity contribution in [2.45, 2.75) is 6.10 Å². The number of ether oxygens (including phenoxy) is 1. The SMILES string of the molecule is COC(CN)c1cc(Cl)c(N)c(Cl)c1.Cl. The number of halogens is 3. The maximum absolute atomic E-state index is 5.87. The zero-order valence-electron chi connectivity index (χ0n) is 8.17. The van der Waals surface area contributed by atoms with Crippen molar-refractivity contribution in [3.63, 3.8) is 0 Å². The lowest BCUT2D eigenvalue weighted by atomic mass is 10.1. The molecule has 0 saturated heterocycles. The molecule has 1 aromatic carbocycles. The van der Waals surface area contributed by atoms with Crippen molar-refractivity contribution in [3.8, 4) is 0 Å². The molecule has 1 unspecified atom stereocenters. The molecule has 0 aliphatic carbocycles. The lowest BCUT2D eigenvalue weighted by molar-refractivity contribution is 0.110. The first-order valence-electron chi connectivity index (χ1n) is 4.07. The maximum atomic E-state index is 5.87. The second-order valence-corrected chi connectivity index (χ2v) is 3.67. The second kappa shape index (κ2) is 6.40. The molecule has 0 spiro atoms. The Kier molecular flexibility index (Phi) is 6.32. The largest absolute Gasteiger partial charge is 0.396 e. The van der Waals surface area contributed by atoms with Crippen molar-refractivity contribution in [3.05, 3.63) is 27.7 Å². The van der Waals surface area contributed by atoms with Crippen LogP contribution in [-0.2, 0) is 4.74 Å². The first-order valence-corrected chi connectivity index (χ1v) is 4.83. The predicted molar refractivity (Wildman–Crippen MR) is 66.9 cm³/mol. The van der Waals surface area contributed by atoms with Crippen LogP contribution in [-0.4, -0.2) is 13.7 Å². The highest BCUT2D eigenvalue weighted by atomic mass is 35.5. The van der Waals surface area contributed by atoms with E-state index in [1.54, 1.807) is 19.2 Å². The van der Waals surface area contributed by atoms with E-state index in [1.165, 1.54) is 0 Å². The number of nitrogens with two attached hydrogens (primary N) is 2. The molecule has 6 heteroatoms. The quantitative estimate of drug-likeness (QED) is 0.831. The van der Waals surface area contributed by atoms with E-state index in [9.17, 15) is 0 Å². The molecule has 1 atom stereocenters. The van der Waals surface area contributed by atoms with Crippen LogP contribution in [0, 0.1) is 0 Å². The van der Waals surface area contributed by atoms with Gasteiger partial charge in [-0.05, 0) is 17.7 Å². The minimum atomic E-state index is -0.203. The Morgan fingerprint density at radius 3 is 2.13 bits per heavy atom. The van der Waals surface area contributed by atoms with Crippen molar-refractivity contribution in [2.24, 2.45) is 5.73 Å². The van der Waals surface area contributed by atoms with Crippen LogP contribution in [0.2, 0.25) is 10.0 Å². The number of hydrogen-bond acceptors (Lipinski definition) is 3. The Morgan fingerprint density at radius 2 is 1.80 bits per heavy atom. The molecule has 0 saturated carbocycles. The summed E-state index contributed by atoms with van der Waals surface area (Å²) in [6, 6.07) is 3.42. The van der Waals surface area contributed by atoms with Crippen molar-refractivity contribution >= 4 is 41.3 Å². The van der Waals surface area contributed by atoms with Crippen LogP contribution in [0.3, 0.4) is 0 Å². The van der Waals surface area contributed by atoms with Crippen LogP contribution in [0.15, 0.2) is 12.1 Å². The number of rotatable bonds is 3. The normalized spacial score (nSPS) is 12.0. The van der Waals surface area contributed by atoms with Crippen molar-refractivity contribution in [2.75, 3.05) is 19.4 Å². The number of hydrogen-bond donors (Lipinski definition) is 2. The monoisotopic (exact) mass is 270 g/mol. The third kappa shape index (κ3) is 3.40. The highest BCUT2D eigenvalue weighted by molar-refractivity contribution is 6.38. The Labute approximate surface area is 105 Å². The fourth-order valence-corrected chi connectivity index (χ4v) is 1.66. The van der Waals surface area contributed by atoms with Gasteiger partial charge in [0.15, 0.2) is 0 Å². The van der Waals surface area contributed by atoms with Gasteiger partial charge in [-0.3, -0.25) is 0 Å². The summed E-state index contributed by atoms with van der Waals surface area (Å²) in [5.74, 6) is 0. The average Bonchev–Trinajstić information content (AvgIpc) is 2.16. The van der Waals surface area contributed by atoms with Gasteiger partial charge in [0, 0.05) is 13.7 Å². The molecule has 15 heavy (non-hydrogen) atoms. The van der Waals surface area contributed by atoms with Crippen LogP contribution >= 0.6 is 35.6 Å². The molecule has 0 aliphatic rings. The second-order valence-electron chi connectivity index (χ2n) is 2.86. The third-order valence-electron chi connectivity index (χ3n) is 1.97. The first-order chi connectivity index (χ1) is 6.60. The first kappa shape index (κ1) is 14.8. The Balaban J connectivity index is 0.00000196. The van der Waals surface area contributed by atoms with Gasteiger partial charge in [0.05, 0.1) is 21.8 Å². The van der Waals surface area contributed by atoms with E-state index in [0.717, 1.165) is 5.56 Å². The number of benzene rings is 1. The summed E-state index contributed by atoms with van der Waals surface area (Å²) in [6.45, 7) is 0.368. The molecular formula is C9H13Cl3N2O. The van der Waals surface area contributed by atoms with Gasteiger partial charge in [0.25, 0.3) is 0 Å². The van der Waals surface area contributed by atoms with Crippen LogP contribution in [0.25, 0.3) is 0 Å². The highest BCUT2D eigenvalue weighted by Gasteiger charge is 2.12. The van der Waals surface area contributed by atoms with E-state index in [2.05, 4.69) is 0 Å². The molecule has 4 N–H and O–H groups in total. The van der Waals surface area contributed by atoms with Crippen LogP contribution < -0.4 is 11.5 Å². The Morgan fingerprint density at radius 1 is 1.33 bits per heavy atom. The lowest BCUT2D eigenvalue weighted by Gasteiger charge is -2.14. The highest BCUT2D eigenvalue weighted by Crippen LogP contribution is 2.31. The Hall–Kier alpha value is -0.190. The summed E-state index contributed by atoms with van der Waals surface area (Å²) >= 11 is 11.7. The molecule has 0 radical (unpaired) electrons. The van der Waals surface area contributed by atoms with Gasteiger partial charge >= 0.3 is 0 Å². The van der Waals surface area contributed by atoms with Crippen molar-refractivity contribution < 1.29 is 4.74 Å². The third-order valence-corrected chi connectivity index (χ3v) is 2.60. The zero-order chi connectivity index (χ0) is 10.7. The average molecular weight is 272 g/mol. The maximum Gasteiger partial charge on any atom is 0.0944 e. The molecule has 0 fully saturated rings. The summed E-state index contributed by atoms with van der Waals surface area (Å²) in [4.78, 5) is 0. The minimum Gasteiger partial charge on any atom is -0.396 e. The fourth-order valence-electron chi connectivity index (χ4n) is 1.16. The summed E-state index contributed by atoms with van der Waals surface area (Å²) in [6.07, 6.45) is -0.203. The number of nitrogen functional groups attached to an aromatic ring is 1. The molecule has 86 valence electrons. The van der Waals surface area contributed by atoms with Crippen molar-refractivity contribution in [1.82, 2.24) is 0 Å². The van der Waals surface area contributed by atoms with E-state index in [-0.39, 0.29) is 18.5 Å². The van der Waals surface area contributed by atoms with E-state index in [0.29, 0.717) is 22.3 Å². The van der Waals surface area contributed by atoms with Gasteiger partial charge in [0.2, 0.25) is 0 Å². The predicted octanol–water partition coefficient (Wildman–Crippen LogP) is 2.64. The molecule has 0 aliphatic heterocycles. The molecule has 0 amide bonds. The minimum absolute atomic E-state index is 0. The molecule has 3 nitrogen and oxygen atoms in total. The van der Waals surface area contributed by atoms with Crippen LogP contribution in [0.1, 0.15) is 11.7 Å². The fraction of sp³-hybridized carbons (Fsp3) is 0.333. The summed E-state index contributed by atoms with van der Waals surface area (Å²) in [7, 11) is 1.58. The van der Waals surface area contributed by atoms with E-state index < -0.39 is 0 Å². The van der Waals surface area contributed by atoms with Gasteiger partial charge in [0.1, 0.15) is 0 Å². The molecule has 1 aromatic rings. The lowest BCUT2D eigenvalue weighted by Crippen LogP contribution is -2.14. The van der Waals surface area contributed by atoms with E-state index in [4.69, 9.17) is 39.4 Å². The summed E-state index contributed by atoms with van der Waals surface area (Å²) in [5, 5.41) is 0.839. The van der Waals surface area contributed by atoms with Gasteiger partial charge in [-0.15, -0.1) is 12.4 Å². The van der Waals surface area contributed by atoms with Crippen LogP contribution in [0.4, 0.5) is 5.69 Å². The molecule has 1 rings (SSSR count). The van der Waals surface area contributed by atoms with E-state index in [1.807, 2.05) is 0 Å². The van der Waals surface area contributed by atoms with Gasteiger partial charge in [-0.2, -0.15) is 0 Å². The van der Waals surface area contributed by atoms with Gasteiger partial charge in [-0.25, -0.2) is 0 Å². The standard InChI is InChI=1S/C9H12Cl2N2O.ClH/c1-14-8(4-12)5-2-6(10)9(13)7(11)3-5;/h2-3,8H,4,12-13H2,1H3;1H. The molecule has 0 aromatic heterocycles. The van der Waals surface area contributed by atoms with Gasteiger partial charge < -0.3 is 16.2 Å². The van der Waals surface area contributed by atoms with Crippen molar-refractivity contribution in [1.29, 1.82) is 0 Å². The van der Waals surface area contributed by atoms with E-state index >= 15 is 0 Å². The molecular weight excluding hydrogens is 258 g/mol. The summed E-state index contributed by atoms with van der Waals surface area (Å²) < 4.78 is 5.15. The topological polar surface area (TPSA) is 61.3 Å². The van der Waals surface area contributed by atoms with Crippen LogP contribution in [0.5, 0.6) is 0 Å². The Bertz CT molecular complexity index is 306. The number of methoxy groups -OCH3 is 1. The number of anilines is 1. The molecule has 0 bridgehead atoms. The smallest absolute Gasteiger partial charge is 0.0944 e. The zero-order valence-corrected chi connectivity index (χ0v) is 10.5.